The molecule has 2 rings (SSSR count). The minimum Gasteiger partial charge on any atom is -0.399 e. The summed E-state index contributed by atoms with van der Waals surface area (Å²) in [7, 11) is -3.47. The maximum Gasteiger partial charge on any atom is 0.240 e. The Hall–Kier alpha value is -1.07. The molecule has 3 N–H and O–H groups in total. The lowest BCUT2D eigenvalue weighted by molar-refractivity contribution is 0.285. The van der Waals surface area contributed by atoms with Gasteiger partial charge >= 0.3 is 0 Å². The molecule has 1 aromatic carbocycles. The van der Waals surface area contributed by atoms with E-state index in [2.05, 4.69) is 11.6 Å². The largest absolute Gasteiger partial charge is 0.399 e. The van der Waals surface area contributed by atoms with E-state index in [0.717, 1.165) is 24.8 Å². The topological polar surface area (TPSA) is 72.2 Å². The quantitative estimate of drug-likeness (QED) is 0.821. The third kappa shape index (κ3) is 3.33. The number of hydrogen-bond donors (Lipinski definition) is 2. The molecule has 20 heavy (non-hydrogen) atoms. The number of nitrogen functional groups attached to an aromatic ring is 1. The van der Waals surface area contributed by atoms with E-state index in [0.29, 0.717) is 12.2 Å². The van der Waals surface area contributed by atoms with E-state index in [1.54, 1.807) is 12.1 Å². The summed E-state index contributed by atoms with van der Waals surface area (Å²) in [6, 6.07) is 4.94. The van der Waals surface area contributed by atoms with Gasteiger partial charge in [-0.15, -0.1) is 0 Å². The van der Waals surface area contributed by atoms with Gasteiger partial charge < -0.3 is 5.73 Å². The highest BCUT2D eigenvalue weighted by Gasteiger charge is 2.33. The van der Waals surface area contributed by atoms with E-state index >= 15 is 0 Å². The number of anilines is 1. The molecule has 1 fully saturated rings. The van der Waals surface area contributed by atoms with Crippen molar-refractivity contribution in [3.63, 3.8) is 0 Å². The van der Waals surface area contributed by atoms with Crippen molar-refractivity contribution in [3.05, 3.63) is 23.8 Å². The number of sulfonamides is 1. The molecule has 0 saturated heterocycles. The second-order valence-electron chi connectivity index (χ2n) is 5.96. The summed E-state index contributed by atoms with van der Waals surface area (Å²) in [5, 5.41) is 0. The highest BCUT2D eigenvalue weighted by atomic mass is 32.2. The van der Waals surface area contributed by atoms with Gasteiger partial charge in [-0.3, -0.25) is 0 Å². The molecule has 0 amide bonds. The lowest BCUT2D eigenvalue weighted by Crippen LogP contribution is -2.35. The molecule has 1 aliphatic rings. The van der Waals surface area contributed by atoms with Crippen LogP contribution in [0.15, 0.2) is 23.1 Å². The van der Waals surface area contributed by atoms with Crippen molar-refractivity contribution >= 4 is 15.7 Å². The van der Waals surface area contributed by atoms with Crippen molar-refractivity contribution in [1.29, 1.82) is 0 Å². The first-order valence-corrected chi connectivity index (χ1v) is 8.72. The van der Waals surface area contributed by atoms with Crippen molar-refractivity contribution in [2.24, 2.45) is 5.41 Å². The molecular formula is C15H24N2O2S. The molecule has 0 atom stereocenters. The van der Waals surface area contributed by atoms with E-state index in [1.165, 1.54) is 18.9 Å². The molecule has 1 saturated carbocycles. The van der Waals surface area contributed by atoms with Gasteiger partial charge in [0, 0.05) is 12.2 Å². The van der Waals surface area contributed by atoms with Crippen LogP contribution in [0.2, 0.25) is 0 Å². The number of benzene rings is 1. The number of aryl methyl sites for hydroxylation is 1. The molecule has 0 bridgehead atoms. The van der Waals surface area contributed by atoms with E-state index < -0.39 is 10.0 Å². The fourth-order valence-corrected chi connectivity index (χ4v) is 4.34. The van der Waals surface area contributed by atoms with Crippen molar-refractivity contribution in [3.8, 4) is 0 Å². The zero-order valence-electron chi connectivity index (χ0n) is 12.3. The van der Waals surface area contributed by atoms with Gasteiger partial charge in [0.1, 0.15) is 0 Å². The fourth-order valence-electron chi connectivity index (χ4n) is 3.04. The monoisotopic (exact) mass is 296 g/mol. The second-order valence-corrected chi connectivity index (χ2v) is 7.73. The Morgan fingerprint density at radius 3 is 2.45 bits per heavy atom. The molecule has 0 spiro atoms. The predicted molar refractivity (Wildman–Crippen MR) is 82.0 cm³/mol. The predicted octanol–water partition coefficient (Wildman–Crippen LogP) is 2.83. The Bertz CT molecular complexity index is 555. The number of nitrogens with two attached hydrogens (primary N) is 1. The normalized spacial score (nSPS) is 18.3. The minimum atomic E-state index is -3.47. The summed E-state index contributed by atoms with van der Waals surface area (Å²) in [5.41, 5.74) is 7.22. The molecule has 1 aromatic rings. The summed E-state index contributed by atoms with van der Waals surface area (Å²) < 4.78 is 27.5. The number of nitrogens with one attached hydrogen (secondary N) is 1. The molecule has 0 radical (unpaired) electrons. The Labute approximate surface area is 121 Å². The third-order valence-corrected chi connectivity index (χ3v) is 5.82. The second kappa shape index (κ2) is 5.74. The smallest absolute Gasteiger partial charge is 0.240 e. The zero-order chi connectivity index (χ0) is 14.8. The first-order chi connectivity index (χ1) is 9.37. The van der Waals surface area contributed by atoms with Crippen LogP contribution in [0.25, 0.3) is 0 Å². The van der Waals surface area contributed by atoms with Gasteiger partial charge in [0.05, 0.1) is 4.90 Å². The summed E-state index contributed by atoms with van der Waals surface area (Å²) in [5.74, 6) is 0. The van der Waals surface area contributed by atoms with Gasteiger partial charge in [0.25, 0.3) is 0 Å². The lowest BCUT2D eigenvalue weighted by Gasteiger charge is -2.27. The summed E-state index contributed by atoms with van der Waals surface area (Å²) >= 11 is 0. The van der Waals surface area contributed by atoms with Gasteiger partial charge in [-0.05, 0) is 55.4 Å². The molecule has 0 unspecified atom stereocenters. The van der Waals surface area contributed by atoms with Crippen LogP contribution < -0.4 is 10.5 Å². The summed E-state index contributed by atoms with van der Waals surface area (Å²) in [6.07, 6.45) is 5.65. The molecule has 0 heterocycles. The average molecular weight is 296 g/mol. The Morgan fingerprint density at radius 1 is 1.25 bits per heavy atom. The van der Waals surface area contributed by atoms with Crippen molar-refractivity contribution in [2.45, 2.75) is 50.8 Å². The van der Waals surface area contributed by atoms with E-state index in [4.69, 9.17) is 5.73 Å². The standard InChI is InChI=1S/C15H24N2O2S/c1-3-15(6-4-5-7-15)11-17-20(18,19)14-9-12(2)8-13(16)10-14/h8-10,17H,3-7,11,16H2,1-2H3. The van der Waals surface area contributed by atoms with Crippen molar-refractivity contribution in [1.82, 2.24) is 4.72 Å². The van der Waals surface area contributed by atoms with Crippen LogP contribution in [-0.4, -0.2) is 15.0 Å². The maximum absolute atomic E-state index is 12.4. The van der Waals surface area contributed by atoms with Gasteiger partial charge in [-0.2, -0.15) is 0 Å². The van der Waals surface area contributed by atoms with Crippen LogP contribution in [0, 0.1) is 12.3 Å². The van der Waals surface area contributed by atoms with Gasteiger partial charge in [-0.1, -0.05) is 19.8 Å². The van der Waals surface area contributed by atoms with Crippen LogP contribution >= 0.6 is 0 Å². The molecule has 112 valence electrons. The van der Waals surface area contributed by atoms with Crippen molar-refractivity contribution < 1.29 is 8.42 Å². The van der Waals surface area contributed by atoms with E-state index in [1.807, 2.05) is 6.92 Å². The molecular weight excluding hydrogens is 272 g/mol. The van der Waals surface area contributed by atoms with Crippen LogP contribution in [0.5, 0.6) is 0 Å². The van der Waals surface area contributed by atoms with Crippen LogP contribution in [-0.2, 0) is 10.0 Å². The molecule has 5 heteroatoms. The summed E-state index contributed by atoms with van der Waals surface area (Å²) in [4.78, 5) is 0.263. The van der Waals surface area contributed by atoms with Crippen LogP contribution in [0.1, 0.15) is 44.6 Å². The van der Waals surface area contributed by atoms with E-state index in [-0.39, 0.29) is 10.3 Å². The number of hydrogen-bond acceptors (Lipinski definition) is 3. The van der Waals surface area contributed by atoms with Crippen LogP contribution in [0.4, 0.5) is 5.69 Å². The molecule has 0 aromatic heterocycles. The third-order valence-electron chi connectivity index (χ3n) is 4.43. The van der Waals surface area contributed by atoms with Crippen molar-refractivity contribution in [2.75, 3.05) is 12.3 Å². The highest BCUT2D eigenvalue weighted by molar-refractivity contribution is 7.89. The van der Waals surface area contributed by atoms with Gasteiger partial charge in [0.15, 0.2) is 0 Å². The van der Waals surface area contributed by atoms with E-state index in [9.17, 15) is 8.42 Å². The first kappa shape index (κ1) is 15.3. The Morgan fingerprint density at radius 2 is 1.90 bits per heavy atom. The number of rotatable bonds is 5. The highest BCUT2D eigenvalue weighted by Crippen LogP contribution is 2.40. The molecule has 0 aliphatic heterocycles. The Balaban J connectivity index is 2.15. The Kier molecular flexibility index (Phi) is 4.39. The maximum atomic E-state index is 12.4. The summed E-state index contributed by atoms with van der Waals surface area (Å²) in [6.45, 7) is 4.52. The SMILES string of the molecule is CCC1(CNS(=O)(=O)c2cc(C)cc(N)c2)CCCC1. The zero-order valence-corrected chi connectivity index (χ0v) is 13.1. The first-order valence-electron chi connectivity index (χ1n) is 7.24. The fraction of sp³-hybridized carbons (Fsp3) is 0.600. The average Bonchev–Trinajstić information content (AvgIpc) is 2.85. The van der Waals surface area contributed by atoms with Gasteiger partial charge in [0.2, 0.25) is 10.0 Å². The van der Waals surface area contributed by atoms with Gasteiger partial charge in [-0.25, -0.2) is 13.1 Å². The lowest BCUT2D eigenvalue weighted by atomic mass is 9.84. The minimum absolute atomic E-state index is 0.141. The molecule has 1 aliphatic carbocycles. The van der Waals surface area contributed by atoms with Crippen LogP contribution in [0.3, 0.4) is 0 Å². The molecule has 4 nitrogen and oxygen atoms in total.